The second kappa shape index (κ2) is 6.77. The molecule has 0 spiro atoms. The first kappa shape index (κ1) is 15.9. The molecule has 0 saturated carbocycles. The van der Waals surface area contributed by atoms with Gasteiger partial charge in [0.2, 0.25) is 0 Å². The van der Waals surface area contributed by atoms with E-state index in [1.165, 1.54) is 40.8 Å². The van der Waals surface area contributed by atoms with Crippen LogP contribution in [0.3, 0.4) is 0 Å². The quantitative estimate of drug-likeness (QED) is 0.387. The SMILES string of the molecule is c1ccc(N(c2ccccc2)c2ccc(-c3ccc4c(c3)CC4)cc2)cc1. The topological polar surface area (TPSA) is 3.24 Å². The summed E-state index contributed by atoms with van der Waals surface area (Å²) in [5, 5.41) is 0. The second-order valence-electron chi connectivity index (χ2n) is 7.04. The van der Waals surface area contributed by atoms with Gasteiger partial charge in [-0.25, -0.2) is 0 Å². The minimum Gasteiger partial charge on any atom is -0.311 e. The maximum atomic E-state index is 2.35. The first-order valence-corrected chi connectivity index (χ1v) is 9.51. The van der Waals surface area contributed by atoms with Crippen molar-refractivity contribution < 1.29 is 0 Å². The second-order valence-corrected chi connectivity index (χ2v) is 7.04. The van der Waals surface area contributed by atoms with E-state index >= 15 is 0 Å². The van der Waals surface area contributed by atoms with Crippen LogP contribution in [0.25, 0.3) is 11.1 Å². The van der Waals surface area contributed by atoms with Gasteiger partial charge in [-0.15, -0.1) is 0 Å². The zero-order chi connectivity index (χ0) is 18.1. The van der Waals surface area contributed by atoms with Gasteiger partial charge in [-0.1, -0.05) is 66.7 Å². The van der Waals surface area contributed by atoms with Crippen LogP contribution in [0.1, 0.15) is 11.1 Å². The Labute approximate surface area is 160 Å². The van der Waals surface area contributed by atoms with Gasteiger partial charge < -0.3 is 4.90 Å². The van der Waals surface area contributed by atoms with Gasteiger partial charge in [0, 0.05) is 17.1 Å². The molecule has 0 saturated heterocycles. The first-order chi connectivity index (χ1) is 13.4. The standard InChI is InChI=1S/C26H21N/c1-3-7-24(8-4-1)27(25-9-5-2-6-10-25)26-17-15-21(16-18-26)23-14-12-20-11-13-22(20)19-23/h1-10,12,14-19H,11,13H2. The predicted molar refractivity (Wildman–Crippen MR) is 114 cm³/mol. The Hall–Kier alpha value is -3.32. The minimum atomic E-state index is 1.16. The van der Waals surface area contributed by atoms with E-state index in [1.54, 1.807) is 0 Å². The molecule has 0 bridgehead atoms. The van der Waals surface area contributed by atoms with Crippen LogP contribution in [0.2, 0.25) is 0 Å². The molecule has 1 nitrogen and oxygen atoms in total. The fraction of sp³-hybridized carbons (Fsp3) is 0.0769. The number of benzene rings is 4. The Morgan fingerprint density at radius 1 is 0.444 bits per heavy atom. The molecule has 0 unspecified atom stereocenters. The van der Waals surface area contributed by atoms with E-state index in [1.807, 2.05) is 0 Å². The molecule has 0 fully saturated rings. The molecule has 1 aliphatic carbocycles. The van der Waals surface area contributed by atoms with Gasteiger partial charge in [-0.05, 0) is 71.5 Å². The summed E-state index contributed by atoms with van der Waals surface area (Å²) in [7, 11) is 0. The van der Waals surface area contributed by atoms with Crippen LogP contribution in [0.5, 0.6) is 0 Å². The van der Waals surface area contributed by atoms with E-state index in [4.69, 9.17) is 0 Å². The monoisotopic (exact) mass is 347 g/mol. The average molecular weight is 347 g/mol. The van der Waals surface area contributed by atoms with Gasteiger partial charge in [0.25, 0.3) is 0 Å². The summed E-state index contributed by atoms with van der Waals surface area (Å²) in [5.74, 6) is 0. The lowest BCUT2D eigenvalue weighted by Crippen LogP contribution is -2.09. The first-order valence-electron chi connectivity index (χ1n) is 9.51. The Morgan fingerprint density at radius 3 is 1.48 bits per heavy atom. The molecule has 0 N–H and O–H groups in total. The molecular formula is C26H21N. The van der Waals surface area contributed by atoms with Crippen LogP contribution < -0.4 is 4.90 Å². The largest absolute Gasteiger partial charge is 0.311 e. The molecule has 4 aromatic carbocycles. The van der Waals surface area contributed by atoms with Crippen LogP contribution in [-0.2, 0) is 12.8 Å². The van der Waals surface area contributed by atoms with Crippen molar-refractivity contribution in [1.82, 2.24) is 0 Å². The van der Waals surface area contributed by atoms with Crippen LogP contribution in [-0.4, -0.2) is 0 Å². The zero-order valence-corrected chi connectivity index (χ0v) is 15.2. The third kappa shape index (κ3) is 3.02. The fourth-order valence-electron chi connectivity index (χ4n) is 3.78. The minimum absolute atomic E-state index is 1.16. The Kier molecular flexibility index (Phi) is 3.99. The Balaban J connectivity index is 1.53. The number of hydrogen-bond acceptors (Lipinski definition) is 1. The average Bonchev–Trinajstić information content (AvgIpc) is 2.72. The number of aryl methyl sites for hydroxylation is 2. The van der Waals surface area contributed by atoms with Gasteiger partial charge in [0.05, 0.1) is 0 Å². The van der Waals surface area contributed by atoms with E-state index in [2.05, 4.69) is 108 Å². The third-order valence-electron chi connectivity index (χ3n) is 5.36. The molecule has 27 heavy (non-hydrogen) atoms. The molecular weight excluding hydrogens is 326 g/mol. The zero-order valence-electron chi connectivity index (χ0n) is 15.2. The van der Waals surface area contributed by atoms with Crippen molar-refractivity contribution in [1.29, 1.82) is 0 Å². The Morgan fingerprint density at radius 2 is 0.963 bits per heavy atom. The van der Waals surface area contributed by atoms with Crippen molar-refractivity contribution in [3.63, 3.8) is 0 Å². The lowest BCUT2D eigenvalue weighted by atomic mass is 9.86. The number of nitrogens with zero attached hydrogens (tertiary/aromatic N) is 1. The van der Waals surface area contributed by atoms with E-state index in [9.17, 15) is 0 Å². The summed E-state index contributed by atoms with van der Waals surface area (Å²) in [5.41, 5.74) is 9.09. The summed E-state index contributed by atoms with van der Waals surface area (Å²) in [4.78, 5) is 2.29. The smallest absolute Gasteiger partial charge is 0.0462 e. The van der Waals surface area contributed by atoms with E-state index in [0.717, 1.165) is 11.4 Å². The Bertz CT molecular complexity index is 1010. The number of anilines is 3. The maximum absolute atomic E-state index is 2.35. The molecule has 4 aromatic rings. The molecule has 0 amide bonds. The van der Waals surface area contributed by atoms with Crippen molar-refractivity contribution in [2.75, 3.05) is 4.90 Å². The lowest BCUT2D eigenvalue weighted by molar-refractivity contribution is 0.840. The molecule has 0 atom stereocenters. The molecule has 0 heterocycles. The number of rotatable bonds is 4. The molecule has 130 valence electrons. The van der Waals surface area contributed by atoms with Crippen LogP contribution in [0.4, 0.5) is 17.1 Å². The van der Waals surface area contributed by atoms with Crippen molar-refractivity contribution in [3.05, 3.63) is 114 Å². The highest BCUT2D eigenvalue weighted by Crippen LogP contribution is 2.36. The predicted octanol–water partition coefficient (Wildman–Crippen LogP) is 6.92. The lowest BCUT2D eigenvalue weighted by Gasteiger charge is -2.25. The van der Waals surface area contributed by atoms with Crippen molar-refractivity contribution >= 4 is 17.1 Å². The van der Waals surface area contributed by atoms with Gasteiger partial charge in [-0.3, -0.25) is 0 Å². The number of fused-ring (bicyclic) bond motifs is 1. The summed E-state index contributed by atoms with van der Waals surface area (Å²) in [6, 6.07) is 36.8. The normalized spacial score (nSPS) is 12.1. The maximum Gasteiger partial charge on any atom is 0.0462 e. The van der Waals surface area contributed by atoms with Gasteiger partial charge in [0.1, 0.15) is 0 Å². The van der Waals surface area contributed by atoms with Gasteiger partial charge in [0.15, 0.2) is 0 Å². The van der Waals surface area contributed by atoms with Crippen molar-refractivity contribution in [2.45, 2.75) is 12.8 Å². The molecule has 5 rings (SSSR count). The number of para-hydroxylation sites is 2. The third-order valence-corrected chi connectivity index (χ3v) is 5.36. The van der Waals surface area contributed by atoms with Crippen LogP contribution in [0.15, 0.2) is 103 Å². The molecule has 0 aliphatic heterocycles. The van der Waals surface area contributed by atoms with Crippen LogP contribution in [0, 0.1) is 0 Å². The molecule has 0 aromatic heterocycles. The highest BCUT2D eigenvalue weighted by Gasteiger charge is 2.14. The summed E-state index contributed by atoms with van der Waals surface area (Å²) >= 11 is 0. The summed E-state index contributed by atoms with van der Waals surface area (Å²) in [6.45, 7) is 0. The van der Waals surface area contributed by atoms with E-state index in [-0.39, 0.29) is 0 Å². The molecule has 1 aliphatic rings. The number of hydrogen-bond donors (Lipinski definition) is 0. The van der Waals surface area contributed by atoms with E-state index in [0.29, 0.717) is 0 Å². The summed E-state index contributed by atoms with van der Waals surface area (Å²) in [6.07, 6.45) is 2.45. The fourth-order valence-corrected chi connectivity index (χ4v) is 3.78. The van der Waals surface area contributed by atoms with Crippen molar-refractivity contribution in [2.24, 2.45) is 0 Å². The van der Waals surface area contributed by atoms with Crippen LogP contribution >= 0.6 is 0 Å². The van der Waals surface area contributed by atoms with Crippen molar-refractivity contribution in [3.8, 4) is 11.1 Å². The van der Waals surface area contributed by atoms with Gasteiger partial charge in [-0.2, -0.15) is 0 Å². The molecule has 0 radical (unpaired) electrons. The van der Waals surface area contributed by atoms with Gasteiger partial charge >= 0.3 is 0 Å². The summed E-state index contributed by atoms with van der Waals surface area (Å²) < 4.78 is 0. The molecule has 1 heteroatoms. The highest BCUT2D eigenvalue weighted by molar-refractivity contribution is 5.78. The highest BCUT2D eigenvalue weighted by atomic mass is 15.1. The van der Waals surface area contributed by atoms with E-state index < -0.39 is 0 Å².